The molecule has 0 amide bonds. The molecule has 4 heteroatoms. The van der Waals surface area contributed by atoms with Gasteiger partial charge in [-0.05, 0) is 13.8 Å². The molecule has 0 aromatic rings. The molecule has 0 N–H and O–H groups in total. The van der Waals surface area contributed by atoms with Gasteiger partial charge in [-0.25, -0.2) is 0 Å². The molecule has 0 radical (unpaired) electrons. The van der Waals surface area contributed by atoms with Crippen LogP contribution in [0, 0.1) is 0 Å². The summed E-state index contributed by atoms with van der Waals surface area (Å²) in [7, 11) is 0.625. The van der Waals surface area contributed by atoms with E-state index in [4.69, 9.17) is 13.9 Å². The van der Waals surface area contributed by atoms with Crippen molar-refractivity contribution in [3.8, 4) is 0 Å². The van der Waals surface area contributed by atoms with Gasteiger partial charge in [0.15, 0.2) is 10.5 Å². The van der Waals surface area contributed by atoms with E-state index in [1.807, 2.05) is 13.8 Å². The molecular weight excluding hydrogens is 148 g/mol. The molecule has 0 rings (SSSR count). The predicted molar refractivity (Wildman–Crippen MR) is 42.7 cm³/mol. The Morgan fingerprint density at radius 2 is 1.60 bits per heavy atom. The summed E-state index contributed by atoms with van der Waals surface area (Å²) in [6.45, 7) is 6.83. The molecule has 0 aromatic carbocycles. The van der Waals surface area contributed by atoms with Crippen LogP contribution in [0.3, 0.4) is 0 Å². The fourth-order valence-corrected chi connectivity index (χ4v) is 0.920. The van der Waals surface area contributed by atoms with Crippen LogP contribution in [0.5, 0.6) is 0 Å². The molecule has 0 saturated carbocycles. The summed E-state index contributed by atoms with van der Waals surface area (Å²) in [4.78, 5) is 0. The van der Waals surface area contributed by atoms with Gasteiger partial charge in [-0.3, -0.25) is 0 Å². The van der Waals surface area contributed by atoms with E-state index in [0.29, 0.717) is 23.7 Å². The third-order valence-corrected chi connectivity index (χ3v) is 1.93. The van der Waals surface area contributed by atoms with Crippen LogP contribution in [0.4, 0.5) is 0 Å². The Morgan fingerprint density at radius 1 is 1.20 bits per heavy atom. The summed E-state index contributed by atoms with van der Waals surface area (Å²) in [6.07, 6.45) is 0. The standard InChI is InChI=1S/C6H16O3Si/c1-4-7-6(3,9-10)8-5-2/h4-5H2,1-3,10H3. The lowest BCUT2D eigenvalue weighted by Crippen LogP contribution is -2.34. The Hall–Kier alpha value is 0.0969. The first-order chi connectivity index (χ1) is 4.68. The molecule has 0 saturated heterocycles. The smallest absolute Gasteiger partial charge is 0.269 e. The average molecular weight is 164 g/mol. The van der Waals surface area contributed by atoms with E-state index >= 15 is 0 Å². The van der Waals surface area contributed by atoms with Crippen LogP contribution < -0.4 is 0 Å². The first-order valence-electron chi connectivity index (χ1n) is 3.51. The lowest BCUT2D eigenvalue weighted by atomic mass is 10.6. The van der Waals surface area contributed by atoms with Crippen molar-refractivity contribution in [1.29, 1.82) is 0 Å². The van der Waals surface area contributed by atoms with Crippen molar-refractivity contribution in [2.24, 2.45) is 0 Å². The van der Waals surface area contributed by atoms with E-state index in [-0.39, 0.29) is 0 Å². The number of hydrogen-bond acceptors (Lipinski definition) is 3. The van der Waals surface area contributed by atoms with Crippen LogP contribution in [0.2, 0.25) is 0 Å². The van der Waals surface area contributed by atoms with Gasteiger partial charge in [0.2, 0.25) is 0 Å². The lowest BCUT2D eigenvalue weighted by Gasteiger charge is -2.27. The Morgan fingerprint density at radius 3 is 1.80 bits per heavy atom. The van der Waals surface area contributed by atoms with Crippen molar-refractivity contribution < 1.29 is 13.9 Å². The van der Waals surface area contributed by atoms with E-state index in [0.717, 1.165) is 0 Å². The molecule has 0 fully saturated rings. The summed E-state index contributed by atoms with van der Waals surface area (Å²) < 4.78 is 15.5. The highest BCUT2D eigenvalue weighted by atomic mass is 28.2. The zero-order valence-corrected chi connectivity index (χ0v) is 9.14. The topological polar surface area (TPSA) is 27.7 Å². The molecule has 62 valence electrons. The molecule has 0 atom stereocenters. The van der Waals surface area contributed by atoms with Crippen LogP contribution >= 0.6 is 0 Å². The number of ether oxygens (including phenoxy) is 2. The van der Waals surface area contributed by atoms with Crippen LogP contribution in [0.1, 0.15) is 20.8 Å². The largest absolute Gasteiger partial charge is 0.380 e. The van der Waals surface area contributed by atoms with Gasteiger partial charge in [0.1, 0.15) is 0 Å². The molecule has 10 heavy (non-hydrogen) atoms. The summed E-state index contributed by atoms with van der Waals surface area (Å²) in [5.41, 5.74) is 0. The van der Waals surface area contributed by atoms with Crippen molar-refractivity contribution >= 4 is 10.5 Å². The Bertz CT molecular complexity index is 81.1. The first kappa shape index (κ1) is 10.1. The predicted octanol–water partition coefficient (Wildman–Crippen LogP) is 0.0301. The van der Waals surface area contributed by atoms with E-state index in [9.17, 15) is 0 Å². The van der Waals surface area contributed by atoms with E-state index in [1.54, 1.807) is 6.92 Å². The Labute approximate surface area is 65.2 Å². The second-order valence-electron chi connectivity index (χ2n) is 1.93. The van der Waals surface area contributed by atoms with Crippen molar-refractivity contribution in [2.75, 3.05) is 13.2 Å². The molecule has 0 aliphatic carbocycles. The summed E-state index contributed by atoms with van der Waals surface area (Å²) in [5, 5.41) is 0. The monoisotopic (exact) mass is 164 g/mol. The molecule has 0 unspecified atom stereocenters. The van der Waals surface area contributed by atoms with E-state index < -0.39 is 5.97 Å². The fourth-order valence-electron chi connectivity index (χ4n) is 0.684. The minimum Gasteiger partial charge on any atom is -0.380 e. The maximum atomic E-state index is 5.21. The molecule has 0 aliphatic rings. The van der Waals surface area contributed by atoms with Crippen molar-refractivity contribution in [3.63, 3.8) is 0 Å². The normalized spacial score (nSPS) is 12.3. The maximum absolute atomic E-state index is 5.21. The van der Waals surface area contributed by atoms with Gasteiger partial charge in [0.25, 0.3) is 5.97 Å². The van der Waals surface area contributed by atoms with Gasteiger partial charge in [-0.2, -0.15) is 0 Å². The average Bonchev–Trinajstić information content (AvgIpc) is 1.89. The highest BCUT2D eigenvalue weighted by molar-refractivity contribution is 5.98. The number of rotatable bonds is 5. The Kier molecular flexibility index (Phi) is 4.89. The van der Waals surface area contributed by atoms with Gasteiger partial charge >= 0.3 is 0 Å². The third-order valence-electron chi connectivity index (χ3n) is 1.18. The maximum Gasteiger partial charge on any atom is 0.269 e. The highest BCUT2D eigenvalue weighted by Crippen LogP contribution is 2.11. The zero-order valence-electron chi connectivity index (χ0n) is 7.14. The van der Waals surface area contributed by atoms with Gasteiger partial charge in [0, 0.05) is 20.1 Å². The van der Waals surface area contributed by atoms with Gasteiger partial charge in [-0.15, -0.1) is 0 Å². The molecular formula is C6H16O3Si. The summed E-state index contributed by atoms with van der Waals surface area (Å²) >= 11 is 0. The third kappa shape index (κ3) is 3.31. The van der Waals surface area contributed by atoms with Gasteiger partial charge in [-0.1, -0.05) is 0 Å². The van der Waals surface area contributed by atoms with Crippen molar-refractivity contribution in [1.82, 2.24) is 0 Å². The van der Waals surface area contributed by atoms with Crippen molar-refractivity contribution in [2.45, 2.75) is 26.7 Å². The lowest BCUT2D eigenvalue weighted by molar-refractivity contribution is -0.328. The van der Waals surface area contributed by atoms with Crippen LogP contribution in [0.25, 0.3) is 0 Å². The van der Waals surface area contributed by atoms with Crippen LogP contribution in [-0.4, -0.2) is 29.7 Å². The highest BCUT2D eigenvalue weighted by Gasteiger charge is 2.22. The molecule has 0 bridgehead atoms. The number of hydrogen-bond donors (Lipinski definition) is 0. The van der Waals surface area contributed by atoms with Crippen LogP contribution in [0.15, 0.2) is 0 Å². The molecule has 0 aliphatic heterocycles. The Balaban J connectivity index is 3.69. The van der Waals surface area contributed by atoms with Gasteiger partial charge in [0.05, 0.1) is 0 Å². The van der Waals surface area contributed by atoms with Gasteiger partial charge < -0.3 is 13.9 Å². The first-order valence-corrected chi connectivity index (χ1v) is 4.33. The quantitative estimate of drug-likeness (QED) is 0.424. The van der Waals surface area contributed by atoms with E-state index in [1.165, 1.54) is 0 Å². The van der Waals surface area contributed by atoms with E-state index in [2.05, 4.69) is 0 Å². The van der Waals surface area contributed by atoms with Crippen molar-refractivity contribution in [3.05, 3.63) is 0 Å². The minimum atomic E-state index is -0.796. The molecule has 0 spiro atoms. The second kappa shape index (κ2) is 4.84. The minimum absolute atomic E-state index is 0.610. The molecule has 0 heterocycles. The summed E-state index contributed by atoms with van der Waals surface area (Å²) in [5.74, 6) is -0.796. The zero-order chi connectivity index (χ0) is 8.04. The fraction of sp³-hybridized carbons (Fsp3) is 1.00. The SMILES string of the molecule is CCOC(C)(O[SiH3])OCC. The van der Waals surface area contributed by atoms with Crippen LogP contribution in [-0.2, 0) is 13.9 Å². The summed E-state index contributed by atoms with van der Waals surface area (Å²) in [6, 6.07) is 0. The molecule has 0 aromatic heterocycles. The second-order valence-corrected chi connectivity index (χ2v) is 2.34. The molecule has 3 nitrogen and oxygen atoms in total.